The van der Waals surface area contributed by atoms with Crippen LogP contribution >= 0.6 is 11.6 Å². The first-order valence-corrected chi connectivity index (χ1v) is 11.9. The van der Waals surface area contributed by atoms with Gasteiger partial charge in [-0.2, -0.15) is 5.26 Å². The predicted molar refractivity (Wildman–Crippen MR) is 142 cm³/mol. The lowest BCUT2D eigenvalue weighted by Crippen LogP contribution is -2.41. The number of nitrogens with one attached hydrogen (secondary N) is 1. The maximum absolute atomic E-state index is 12.9. The summed E-state index contributed by atoms with van der Waals surface area (Å²) in [6.07, 6.45) is 1.18. The van der Waals surface area contributed by atoms with E-state index < -0.39 is 35.5 Å². The molecule has 1 aromatic heterocycles. The van der Waals surface area contributed by atoms with Gasteiger partial charge in [0.05, 0.1) is 33.5 Å². The van der Waals surface area contributed by atoms with Gasteiger partial charge in [-0.25, -0.2) is 4.79 Å². The molecule has 190 valence electrons. The highest BCUT2D eigenvalue weighted by molar-refractivity contribution is 6.63. The quantitative estimate of drug-likeness (QED) is 0.529. The number of aromatic nitrogens is 2. The zero-order valence-corrected chi connectivity index (χ0v) is 22.1. The van der Waals surface area contributed by atoms with Crippen molar-refractivity contribution in [2.45, 2.75) is 38.9 Å². The van der Waals surface area contributed by atoms with Gasteiger partial charge >= 0.3 is 12.8 Å². The maximum Gasteiger partial charge on any atom is 0.496 e. The lowest BCUT2D eigenvalue weighted by Gasteiger charge is -2.32. The molecule has 0 unspecified atom stereocenters. The molecule has 1 aliphatic heterocycles. The molecule has 1 N–H and O–H groups in total. The minimum absolute atomic E-state index is 0.181. The Labute approximate surface area is 219 Å². The third kappa shape index (κ3) is 4.50. The van der Waals surface area contributed by atoms with Gasteiger partial charge in [-0.15, -0.1) is 0 Å². The van der Waals surface area contributed by atoms with Crippen molar-refractivity contribution in [3.63, 3.8) is 0 Å². The summed E-state index contributed by atoms with van der Waals surface area (Å²) in [4.78, 5) is 37.4. The number of carbonyl (C=O) groups is 1. The van der Waals surface area contributed by atoms with Crippen LogP contribution in [0.4, 0.5) is 5.69 Å². The molecule has 0 spiro atoms. The van der Waals surface area contributed by atoms with Gasteiger partial charge in [0.2, 0.25) is 0 Å². The molecule has 11 heteroatoms. The normalized spacial score (nSPS) is 15.9. The second-order valence-corrected chi connectivity index (χ2v) is 10.3. The fourth-order valence-corrected chi connectivity index (χ4v) is 4.35. The van der Waals surface area contributed by atoms with Gasteiger partial charge in [0.25, 0.3) is 11.5 Å². The first-order valence-electron chi connectivity index (χ1n) is 11.5. The topological polar surface area (TPSA) is 115 Å². The molecule has 4 rings (SSSR count). The van der Waals surface area contributed by atoms with E-state index in [0.29, 0.717) is 22.2 Å². The number of benzene rings is 2. The van der Waals surface area contributed by atoms with Crippen molar-refractivity contribution in [3.8, 4) is 17.2 Å². The largest absolute Gasteiger partial charge is 0.496 e. The van der Waals surface area contributed by atoms with Crippen LogP contribution in [0.1, 0.15) is 43.6 Å². The number of nitrogens with zero attached hydrogens (tertiary/aromatic N) is 3. The fourth-order valence-electron chi connectivity index (χ4n) is 4.08. The minimum atomic E-state index is -0.748. The zero-order chi connectivity index (χ0) is 27.3. The van der Waals surface area contributed by atoms with Crippen molar-refractivity contribution >= 4 is 35.8 Å². The van der Waals surface area contributed by atoms with Gasteiger partial charge in [0.15, 0.2) is 0 Å². The lowest BCUT2D eigenvalue weighted by atomic mass is 9.74. The standard InChI is InChI=1S/C26H26BClN4O5/c1-25(2)26(3,4)37-27(36-25)19-11-7-9-15(17(19)13-29)16-10-8-12-20(21(16)28)30-22(33)18-14-31(5)24(35)32(6)23(18)34/h7-12,14H,1-6H3,(H,30,33). The van der Waals surface area contributed by atoms with Crippen LogP contribution in [0.15, 0.2) is 52.2 Å². The number of halogens is 1. The third-order valence-corrected chi connectivity index (χ3v) is 7.35. The van der Waals surface area contributed by atoms with Gasteiger partial charge in [-0.05, 0) is 33.8 Å². The molecule has 1 amide bonds. The summed E-state index contributed by atoms with van der Waals surface area (Å²) >= 11 is 6.71. The first kappa shape index (κ1) is 26.4. The van der Waals surface area contributed by atoms with E-state index in [4.69, 9.17) is 20.9 Å². The molecule has 0 saturated carbocycles. The molecule has 3 aromatic rings. The number of anilines is 1. The van der Waals surface area contributed by atoms with Gasteiger partial charge in [0, 0.05) is 36.9 Å². The Morgan fingerprint density at radius 3 is 2.24 bits per heavy atom. The second-order valence-electron chi connectivity index (χ2n) is 9.89. The van der Waals surface area contributed by atoms with E-state index in [9.17, 15) is 19.6 Å². The Balaban J connectivity index is 1.74. The molecule has 1 aliphatic rings. The van der Waals surface area contributed by atoms with Crippen LogP contribution in [0.25, 0.3) is 11.1 Å². The Kier molecular flexibility index (Phi) is 6.67. The van der Waals surface area contributed by atoms with E-state index in [1.807, 2.05) is 27.7 Å². The number of carbonyl (C=O) groups excluding carboxylic acids is 1. The number of nitriles is 1. The Bertz CT molecular complexity index is 1570. The molecule has 2 aromatic carbocycles. The van der Waals surface area contributed by atoms with Gasteiger partial charge in [0.1, 0.15) is 5.56 Å². The molecule has 0 radical (unpaired) electrons. The summed E-state index contributed by atoms with van der Waals surface area (Å²) in [7, 11) is 2.00. The number of rotatable bonds is 4. The third-order valence-electron chi connectivity index (χ3n) is 6.94. The fraction of sp³-hybridized carbons (Fsp3) is 0.308. The molecular weight excluding hydrogens is 495 g/mol. The number of hydrogen-bond donors (Lipinski definition) is 1. The van der Waals surface area contributed by atoms with Crippen LogP contribution in [0.3, 0.4) is 0 Å². The summed E-state index contributed by atoms with van der Waals surface area (Å²) in [5.74, 6) is -0.721. The number of amides is 1. The molecule has 2 heterocycles. The van der Waals surface area contributed by atoms with Gasteiger partial charge < -0.3 is 19.2 Å². The summed E-state index contributed by atoms with van der Waals surface area (Å²) in [5.41, 5.74) is -0.480. The molecule has 1 fully saturated rings. The molecule has 0 atom stereocenters. The first-order chi connectivity index (χ1) is 17.3. The van der Waals surface area contributed by atoms with E-state index in [2.05, 4.69) is 11.4 Å². The lowest BCUT2D eigenvalue weighted by molar-refractivity contribution is 0.00578. The zero-order valence-electron chi connectivity index (χ0n) is 21.4. The summed E-state index contributed by atoms with van der Waals surface area (Å²) in [5, 5.41) is 12.9. The van der Waals surface area contributed by atoms with E-state index in [-0.39, 0.29) is 16.3 Å². The monoisotopic (exact) mass is 520 g/mol. The highest BCUT2D eigenvalue weighted by Gasteiger charge is 2.52. The SMILES string of the molecule is Cn1cc(C(=O)Nc2cccc(-c3cccc(B4OC(C)(C)C(C)(C)O4)c3C#N)c2Cl)c(=O)n(C)c1=O. The average Bonchev–Trinajstić information content (AvgIpc) is 3.07. The molecule has 0 bridgehead atoms. The van der Waals surface area contributed by atoms with Crippen LogP contribution < -0.4 is 22.0 Å². The van der Waals surface area contributed by atoms with Crippen molar-refractivity contribution in [2.75, 3.05) is 5.32 Å². The minimum Gasteiger partial charge on any atom is -0.399 e. The van der Waals surface area contributed by atoms with Crippen molar-refractivity contribution in [2.24, 2.45) is 14.1 Å². The highest BCUT2D eigenvalue weighted by atomic mass is 35.5. The van der Waals surface area contributed by atoms with Crippen LogP contribution in [0.2, 0.25) is 5.02 Å². The smallest absolute Gasteiger partial charge is 0.399 e. The van der Waals surface area contributed by atoms with Crippen LogP contribution in [0.5, 0.6) is 0 Å². The van der Waals surface area contributed by atoms with E-state index in [1.165, 1.54) is 20.3 Å². The number of hydrogen-bond acceptors (Lipinski definition) is 6. The average molecular weight is 521 g/mol. The summed E-state index contributed by atoms with van der Waals surface area (Å²) < 4.78 is 14.3. The molecule has 9 nitrogen and oxygen atoms in total. The molecule has 37 heavy (non-hydrogen) atoms. The summed E-state index contributed by atoms with van der Waals surface area (Å²) in [6, 6.07) is 12.6. The van der Waals surface area contributed by atoms with Crippen molar-refractivity contribution < 1.29 is 14.1 Å². The van der Waals surface area contributed by atoms with Crippen LogP contribution in [-0.2, 0) is 23.4 Å². The van der Waals surface area contributed by atoms with Crippen LogP contribution in [-0.4, -0.2) is 33.4 Å². The summed E-state index contributed by atoms with van der Waals surface area (Å²) in [6.45, 7) is 7.74. The Hall–Kier alpha value is -3.65. The molecular formula is C26H26BClN4O5. The molecule has 0 aliphatic carbocycles. The van der Waals surface area contributed by atoms with Crippen molar-refractivity contribution in [3.05, 3.63) is 79.6 Å². The second kappa shape index (κ2) is 9.34. The van der Waals surface area contributed by atoms with Gasteiger partial charge in [-0.3, -0.25) is 14.2 Å². The Morgan fingerprint density at radius 1 is 1.03 bits per heavy atom. The van der Waals surface area contributed by atoms with Crippen molar-refractivity contribution in [1.82, 2.24) is 9.13 Å². The Morgan fingerprint density at radius 2 is 1.62 bits per heavy atom. The predicted octanol–water partition coefficient (Wildman–Crippen LogP) is 2.83. The van der Waals surface area contributed by atoms with E-state index in [0.717, 1.165) is 9.13 Å². The van der Waals surface area contributed by atoms with E-state index in [1.54, 1.807) is 36.4 Å². The van der Waals surface area contributed by atoms with Crippen LogP contribution in [0, 0.1) is 11.3 Å². The van der Waals surface area contributed by atoms with E-state index >= 15 is 0 Å². The van der Waals surface area contributed by atoms with Gasteiger partial charge in [-0.1, -0.05) is 41.9 Å². The maximum atomic E-state index is 12.9. The molecule has 1 saturated heterocycles. The van der Waals surface area contributed by atoms with Crippen molar-refractivity contribution in [1.29, 1.82) is 5.26 Å². The highest BCUT2D eigenvalue weighted by Crippen LogP contribution is 2.39. The number of aryl methyl sites for hydroxylation is 1.